The number of rotatable bonds is 4. The van der Waals surface area contributed by atoms with Crippen LogP contribution in [0.3, 0.4) is 0 Å². The molecule has 0 radical (unpaired) electrons. The zero-order valence-electron chi connectivity index (χ0n) is 14.4. The van der Waals surface area contributed by atoms with E-state index in [9.17, 15) is 9.59 Å². The average Bonchev–Trinajstić information content (AvgIpc) is 3.48. The van der Waals surface area contributed by atoms with Crippen LogP contribution >= 0.6 is 12.4 Å². The number of carbonyl (C=O) groups excluding carboxylic acids is 2. The lowest BCUT2D eigenvalue weighted by Gasteiger charge is -2.20. The molecular weight excluding hydrogens is 350 g/mol. The number of hydrogen-bond donors (Lipinski definition) is 3. The molecular formula is C20H22ClN3O2. The molecule has 136 valence electrons. The van der Waals surface area contributed by atoms with Crippen LogP contribution in [0.25, 0.3) is 0 Å². The van der Waals surface area contributed by atoms with Gasteiger partial charge in [0.25, 0.3) is 5.91 Å². The van der Waals surface area contributed by atoms with Crippen molar-refractivity contribution in [3.05, 3.63) is 53.6 Å². The first kappa shape index (κ1) is 18.3. The summed E-state index contributed by atoms with van der Waals surface area (Å²) in [5.74, 6) is 0.160. The molecule has 0 unspecified atom stereocenters. The van der Waals surface area contributed by atoms with Gasteiger partial charge in [-0.05, 0) is 67.6 Å². The molecule has 2 aromatic rings. The monoisotopic (exact) mass is 371 g/mol. The number of halogens is 1. The van der Waals surface area contributed by atoms with Crippen LogP contribution in [0, 0.1) is 5.92 Å². The summed E-state index contributed by atoms with van der Waals surface area (Å²) in [6.07, 6.45) is 3.91. The molecule has 5 nitrogen and oxygen atoms in total. The number of nitrogens with one attached hydrogen (secondary N) is 3. The third-order valence-electron chi connectivity index (χ3n) is 4.70. The summed E-state index contributed by atoms with van der Waals surface area (Å²) in [5.41, 5.74) is 4.33. The second-order valence-corrected chi connectivity index (χ2v) is 6.66. The summed E-state index contributed by atoms with van der Waals surface area (Å²) < 4.78 is 0. The molecule has 1 aliphatic carbocycles. The minimum Gasteiger partial charge on any atom is -0.385 e. The average molecular weight is 372 g/mol. The Balaban J connectivity index is 0.00000196. The lowest BCUT2D eigenvalue weighted by molar-refractivity contribution is -0.117. The Morgan fingerprint density at radius 2 is 1.65 bits per heavy atom. The summed E-state index contributed by atoms with van der Waals surface area (Å²) in [6, 6.07) is 13.1. The minimum absolute atomic E-state index is 0. The predicted molar refractivity (Wildman–Crippen MR) is 106 cm³/mol. The van der Waals surface area contributed by atoms with Gasteiger partial charge in [0.2, 0.25) is 5.91 Å². The Morgan fingerprint density at radius 3 is 2.35 bits per heavy atom. The zero-order chi connectivity index (χ0) is 17.2. The highest BCUT2D eigenvalue weighted by molar-refractivity contribution is 6.06. The van der Waals surface area contributed by atoms with Gasteiger partial charge in [0.15, 0.2) is 0 Å². The molecule has 3 N–H and O–H groups in total. The molecule has 0 saturated heterocycles. The summed E-state index contributed by atoms with van der Waals surface area (Å²) in [6.45, 7) is 0.951. The highest BCUT2D eigenvalue weighted by Crippen LogP contribution is 2.30. The number of benzene rings is 2. The Morgan fingerprint density at radius 1 is 0.962 bits per heavy atom. The van der Waals surface area contributed by atoms with E-state index < -0.39 is 0 Å². The number of amides is 2. The van der Waals surface area contributed by atoms with E-state index in [0.29, 0.717) is 0 Å². The van der Waals surface area contributed by atoms with E-state index in [-0.39, 0.29) is 30.1 Å². The number of fused-ring (bicyclic) bond motifs is 1. The van der Waals surface area contributed by atoms with Crippen LogP contribution in [-0.2, 0) is 11.2 Å². The zero-order valence-corrected chi connectivity index (χ0v) is 15.2. The number of hydrogen-bond acceptors (Lipinski definition) is 3. The van der Waals surface area contributed by atoms with Crippen LogP contribution in [0.2, 0.25) is 0 Å². The Kier molecular flexibility index (Phi) is 5.47. The molecule has 1 aliphatic heterocycles. The molecule has 0 atom stereocenters. The maximum Gasteiger partial charge on any atom is 0.256 e. The first-order valence-corrected chi connectivity index (χ1v) is 8.79. The summed E-state index contributed by atoms with van der Waals surface area (Å²) in [5, 5.41) is 9.18. The van der Waals surface area contributed by atoms with Crippen molar-refractivity contribution in [2.24, 2.45) is 5.92 Å². The SMILES string of the molecule is Cl.O=C(Nc1ccc(NC(=O)C2CC2)cc1)c1cccc2c1CCCN2. The van der Waals surface area contributed by atoms with E-state index in [2.05, 4.69) is 16.0 Å². The highest BCUT2D eigenvalue weighted by atomic mass is 35.5. The van der Waals surface area contributed by atoms with Gasteiger partial charge in [-0.3, -0.25) is 9.59 Å². The second kappa shape index (κ2) is 7.79. The normalized spacial score (nSPS) is 15.1. The van der Waals surface area contributed by atoms with E-state index in [1.54, 1.807) is 0 Å². The Bertz CT molecular complexity index is 816. The maximum atomic E-state index is 12.6. The van der Waals surface area contributed by atoms with Crippen LogP contribution in [0.4, 0.5) is 17.1 Å². The quantitative estimate of drug-likeness (QED) is 0.758. The Hall–Kier alpha value is -2.53. The summed E-state index contributed by atoms with van der Waals surface area (Å²) in [7, 11) is 0. The van der Waals surface area contributed by atoms with E-state index in [4.69, 9.17) is 0 Å². The smallest absolute Gasteiger partial charge is 0.256 e. The molecule has 1 saturated carbocycles. The molecule has 4 rings (SSSR count). The first-order chi connectivity index (χ1) is 12.2. The highest BCUT2D eigenvalue weighted by Gasteiger charge is 2.29. The largest absolute Gasteiger partial charge is 0.385 e. The third-order valence-corrected chi connectivity index (χ3v) is 4.70. The second-order valence-electron chi connectivity index (χ2n) is 6.66. The lowest BCUT2D eigenvalue weighted by Crippen LogP contribution is -2.19. The van der Waals surface area contributed by atoms with Crippen molar-refractivity contribution in [1.29, 1.82) is 0 Å². The van der Waals surface area contributed by atoms with Crippen molar-refractivity contribution >= 4 is 41.3 Å². The molecule has 26 heavy (non-hydrogen) atoms. The molecule has 2 amide bonds. The Labute approximate surface area is 159 Å². The topological polar surface area (TPSA) is 70.2 Å². The molecule has 1 heterocycles. The van der Waals surface area contributed by atoms with Gasteiger partial charge in [-0.15, -0.1) is 12.4 Å². The van der Waals surface area contributed by atoms with Crippen molar-refractivity contribution in [2.75, 3.05) is 22.5 Å². The molecule has 0 spiro atoms. The summed E-state index contributed by atoms with van der Waals surface area (Å²) in [4.78, 5) is 24.4. The van der Waals surface area contributed by atoms with Crippen molar-refractivity contribution in [3.8, 4) is 0 Å². The van der Waals surface area contributed by atoms with Gasteiger partial charge in [-0.2, -0.15) is 0 Å². The van der Waals surface area contributed by atoms with Gasteiger partial charge in [0.05, 0.1) is 0 Å². The fraction of sp³-hybridized carbons (Fsp3) is 0.300. The molecule has 2 aromatic carbocycles. The van der Waals surface area contributed by atoms with Crippen LogP contribution in [0.1, 0.15) is 35.2 Å². The van der Waals surface area contributed by atoms with E-state index in [1.807, 2.05) is 42.5 Å². The van der Waals surface area contributed by atoms with Crippen molar-refractivity contribution < 1.29 is 9.59 Å². The fourth-order valence-electron chi connectivity index (χ4n) is 3.15. The molecule has 2 aliphatic rings. The summed E-state index contributed by atoms with van der Waals surface area (Å²) >= 11 is 0. The maximum absolute atomic E-state index is 12.6. The van der Waals surface area contributed by atoms with Crippen LogP contribution in [-0.4, -0.2) is 18.4 Å². The van der Waals surface area contributed by atoms with E-state index in [0.717, 1.165) is 60.4 Å². The van der Waals surface area contributed by atoms with Crippen molar-refractivity contribution in [2.45, 2.75) is 25.7 Å². The van der Waals surface area contributed by atoms with Gasteiger partial charge >= 0.3 is 0 Å². The first-order valence-electron chi connectivity index (χ1n) is 8.79. The van der Waals surface area contributed by atoms with Crippen LogP contribution in [0.15, 0.2) is 42.5 Å². The standard InChI is InChI=1S/C20H21N3O2.ClH/c24-19(13-6-7-13)22-14-8-10-15(11-9-14)23-20(25)17-3-1-5-18-16(17)4-2-12-21-18;/h1,3,5,8-11,13,21H,2,4,6-7,12H2,(H,22,24)(H,23,25);1H. The molecule has 0 bridgehead atoms. The molecule has 0 aromatic heterocycles. The van der Waals surface area contributed by atoms with Gasteiger partial charge in [0.1, 0.15) is 0 Å². The van der Waals surface area contributed by atoms with Crippen LogP contribution in [0.5, 0.6) is 0 Å². The predicted octanol–water partition coefficient (Wildman–Crippen LogP) is 4.07. The molecule has 1 fully saturated rings. The lowest BCUT2D eigenvalue weighted by atomic mass is 9.97. The van der Waals surface area contributed by atoms with Crippen molar-refractivity contribution in [1.82, 2.24) is 0 Å². The minimum atomic E-state index is -0.102. The third kappa shape index (κ3) is 3.99. The number of anilines is 3. The van der Waals surface area contributed by atoms with Crippen LogP contribution < -0.4 is 16.0 Å². The molecule has 6 heteroatoms. The van der Waals surface area contributed by atoms with Gasteiger partial charge < -0.3 is 16.0 Å². The fourth-order valence-corrected chi connectivity index (χ4v) is 3.15. The van der Waals surface area contributed by atoms with Crippen molar-refractivity contribution in [3.63, 3.8) is 0 Å². The number of carbonyl (C=O) groups is 2. The van der Waals surface area contributed by atoms with Gasteiger partial charge in [0, 0.05) is 35.1 Å². The van der Waals surface area contributed by atoms with Gasteiger partial charge in [-0.1, -0.05) is 6.07 Å². The van der Waals surface area contributed by atoms with E-state index >= 15 is 0 Å². The van der Waals surface area contributed by atoms with Gasteiger partial charge in [-0.25, -0.2) is 0 Å². The van der Waals surface area contributed by atoms with E-state index in [1.165, 1.54) is 0 Å².